The zero-order chi connectivity index (χ0) is 14.6. The lowest BCUT2D eigenvalue weighted by molar-refractivity contribution is -0.122. The summed E-state index contributed by atoms with van der Waals surface area (Å²) in [4.78, 5) is 11.8. The highest BCUT2D eigenvalue weighted by molar-refractivity contribution is 6.30. The van der Waals surface area contributed by atoms with Crippen molar-refractivity contribution in [3.05, 3.63) is 34.9 Å². The van der Waals surface area contributed by atoms with Gasteiger partial charge in [0.05, 0.1) is 12.1 Å². The Hall–Kier alpha value is -0.770. The molecule has 0 aliphatic heterocycles. The van der Waals surface area contributed by atoms with Crippen LogP contribution in [0.2, 0.25) is 5.02 Å². The third-order valence-corrected chi connectivity index (χ3v) is 3.07. The first-order chi connectivity index (χ1) is 8.69. The first-order valence-corrected chi connectivity index (χ1v) is 6.88. The number of amides is 1. The molecule has 0 heterocycles. The molecular formula is C15H24Cl2N2O. The number of nitrogens with two attached hydrogens (primary N) is 1. The number of halogens is 2. The van der Waals surface area contributed by atoms with Crippen LogP contribution in [-0.2, 0) is 4.79 Å². The third-order valence-electron chi connectivity index (χ3n) is 2.82. The van der Waals surface area contributed by atoms with Crippen molar-refractivity contribution in [2.24, 2.45) is 11.1 Å². The number of benzene rings is 1. The summed E-state index contributed by atoms with van der Waals surface area (Å²) >= 11 is 5.90. The standard InChI is InChI=1S/C15H23ClN2O.ClH/c1-10(17)14(19)18-13(9-15(2,3)4)11-5-7-12(16)8-6-11;/h5-8,10,13H,9,17H2,1-4H3,(H,18,19);1H/t10-,13?;/m1./s1. The summed E-state index contributed by atoms with van der Waals surface area (Å²) in [7, 11) is 0. The Labute approximate surface area is 132 Å². The lowest BCUT2D eigenvalue weighted by Crippen LogP contribution is -2.41. The molecule has 2 atom stereocenters. The van der Waals surface area contributed by atoms with Crippen molar-refractivity contribution >= 4 is 29.9 Å². The van der Waals surface area contributed by atoms with E-state index in [4.69, 9.17) is 17.3 Å². The first-order valence-electron chi connectivity index (χ1n) is 6.50. The van der Waals surface area contributed by atoms with Crippen molar-refractivity contribution in [1.82, 2.24) is 5.32 Å². The van der Waals surface area contributed by atoms with Gasteiger partial charge in [0.2, 0.25) is 5.91 Å². The van der Waals surface area contributed by atoms with Crippen LogP contribution in [0.1, 0.15) is 45.7 Å². The number of nitrogens with one attached hydrogen (secondary N) is 1. The van der Waals surface area contributed by atoms with Gasteiger partial charge in [-0.05, 0) is 36.5 Å². The molecule has 0 aliphatic carbocycles. The van der Waals surface area contributed by atoms with E-state index in [1.807, 2.05) is 24.3 Å². The van der Waals surface area contributed by atoms with Gasteiger partial charge in [-0.15, -0.1) is 12.4 Å². The quantitative estimate of drug-likeness (QED) is 0.889. The highest BCUT2D eigenvalue weighted by Crippen LogP contribution is 2.30. The van der Waals surface area contributed by atoms with Crippen molar-refractivity contribution < 1.29 is 4.79 Å². The minimum atomic E-state index is -0.505. The maximum absolute atomic E-state index is 11.8. The molecule has 1 rings (SSSR count). The minimum Gasteiger partial charge on any atom is -0.348 e. The van der Waals surface area contributed by atoms with E-state index < -0.39 is 6.04 Å². The third kappa shape index (κ3) is 6.60. The predicted molar refractivity (Wildman–Crippen MR) is 87.3 cm³/mol. The summed E-state index contributed by atoms with van der Waals surface area (Å²) in [5.41, 5.74) is 6.77. The number of rotatable bonds is 4. The molecule has 20 heavy (non-hydrogen) atoms. The van der Waals surface area contributed by atoms with Crippen LogP contribution in [0.25, 0.3) is 0 Å². The topological polar surface area (TPSA) is 55.1 Å². The Bertz CT molecular complexity index is 424. The second-order valence-corrected chi connectivity index (χ2v) is 6.60. The van der Waals surface area contributed by atoms with Crippen molar-refractivity contribution in [3.63, 3.8) is 0 Å². The molecule has 0 saturated carbocycles. The smallest absolute Gasteiger partial charge is 0.237 e. The summed E-state index contributed by atoms with van der Waals surface area (Å²) in [6.07, 6.45) is 0.840. The van der Waals surface area contributed by atoms with E-state index in [1.165, 1.54) is 0 Å². The van der Waals surface area contributed by atoms with Gasteiger partial charge < -0.3 is 11.1 Å². The van der Waals surface area contributed by atoms with Crippen molar-refractivity contribution in [3.8, 4) is 0 Å². The molecule has 5 heteroatoms. The minimum absolute atomic E-state index is 0. The van der Waals surface area contributed by atoms with E-state index in [2.05, 4.69) is 26.1 Å². The van der Waals surface area contributed by atoms with E-state index in [1.54, 1.807) is 6.92 Å². The first kappa shape index (κ1) is 19.2. The maximum atomic E-state index is 11.8. The normalized spacial score (nSPS) is 14.1. The van der Waals surface area contributed by atoms with Gasteiger partial charge >= 0.3 is 0 Å². The van der Waals surface area contributed by atoms with Crippen molar-refractivity contribution in [2.75, 3.05) is 0 Å². The van der Waals surface area contributed by atoms with Gasteiger partial charge in [-0.25, -0.2) is 0 Å². The average molecular weight is 319 g/mol. The Morgan fingerprint density at radius 1 is 1.30 bits per heavy atom. The molecule has 0 saturated heterocycles. The fraction of sp³-hybridized carbons (Fsp3) is 0.533. The van der Waals surface area contributed by atoms with Crippen LogP contribution in [0.5, 0.6) is 0 Å². The molecule has 114 valence electrons. The van der Waals surface area contributed by atoms with Gasteiger partial charge in [0.25, 0.3) is 0 Å². The fourth-order valence-electron chi connectivity index (χ4n) is 1.86. The molecule has 0 aliphatic rings. The SMILES string of the molecule is C[C@@H](N)C(=O)NC(CC(C)(C)C)c1ccc(Cl)cc1.Cl. The molecule has 0 spiro atoms. The summed E-state index contributed by atoms with van der Waals surface area (Å²) in [5, 5.41) is 3.69. The molecule has 1 unspecified atom stereocenters. The van der Waals surface area contributed by atoms with Crippen molar-refractivity contribution in [2.45, 2.75) is 46.2 Å². The molecular weight excluding hydrogens is 295 g/mol. The number of carbonyl (C=O) groups is 1. The van der Waals surface area contributed by atoms with Crippen LogP contribution in [0, 0.1) is 5.41 Å². The maximum Gasteiger partial charge on any atom is 0.237 e. The van der Waals surface area contributed by atoms with Gasteiger partial charge in [0.1, 0.15) is 0 Å². The second kappa shape index (κ2) is 7.87. The van der Waals surface area contributed by atoms with Gasteiger partial charge in [0.15, 0.2) is 0 Å². The molecule has 1 aromatic carbocycles. The van der Waals surface area contributed by atoms with Crippen LogP contribution in [-0.4, -0.2) is 11.9 Å². The van der Waals surface area contributed by atoms with Crippen LogP contribution >= 0.6 is 24.0 Å². The van der Waals surface area contributed by atoms with Crippen LogP contribution < -0.4 is 11.1 Å². The summed E-state index contributed by atoms with van der Waals surface area (Å²) in [6, 6.07) is 7.01. The average Bonchev–Trinajstić information content (AvgIpc) is 2.27. The van der Waals surface area contributed by atoms with Crippen LogP contribution in [0.15, 0.2) is 24.3 Å². The highest BCUT2D eigenvalue weighted by Gasteiger charge is 2.22. The number of carbonyl (C=O) groups excluding carboxylic acids is 1. The number of hydrogen-bond acceptors (Lipinski definition) is 2. The molecule has 1 aromatic rings. The Kier molecular flexibility index (Phi) is 7.56. The van der Waals surface area contributed by atoms with E-state index in [0.29, 0.717) is 5.02 Å². The number of hydrogen-bond donors (Lipinski definition) is 2. The van der Waals surface area contributed by atoms with Crippen molar-refractivity contribution in [1.29, 1.82) is 0 Å². The second-order valence-electron chi connectivity index (χ2n) is 6.17. The van der Waals surface area contributed by atoms with Gasteiger partial charge in [0, 0.05) is 5.02 Å². The van der Waals surface area contributed by atoms with Gasteiger partial charge in [-0.1, -0.05) is 44.5 Å². The van der Waals surface area contributed by atoms with E-state index in [9.17, 15) is 4.79 Å². The molecule has 0 fully saturated rings. The molecule has 3 N–H and O–H groups in total. The van der Waals surface area contributed by atoms with Crippen LogP contribution in [0.3, 0.4) is 0 Å². The van der Waals surface area contributed by atoms with E-state index >= 15 is 0 Å². The summed E-state index contributed by atoms with van der Waals surface area (Å²) in [6.45, 7) is 8.13. The molecule has 0 aromatic heterocycles. The summed E-state index contributed by atoms with van der Waals surface area (Å²) in [5.74, 6) is -0.135. The zero-order valence-electron chi connectivity index (χ0n) is 12.4. The fourth-order valence-corrected chi connectivity index (χ4v) is 1.99. The Balaban J connectivity index is 0.00000361. The van der Waals surface area contributed by atoms with E-state index in [0.717, 1.165) is 12.0 Å². The lowest BCUT2D eigenvalue weighted by Gasteiger charge is -2.28. The molecule has 1 amide bonds. The zero-order valence-corrected chi connectivity index (χ0v) is 14.0. The van der Waals surface area contributed by atoms with Gasteiger partial charge in [-0.3, -0.25) is 4.79 Å². The predicted octanol–water partition coefficient (Wildman–Crippen LogP) is 3.70. The molecule has 0 radical (unpaired) electrons. The summed E-state index contributed by atoms with van der Waals surface area (Å²) < 4.78 is 0. The lowest BCUT2D eigenvalue weighted by atomic mass is 9.85. The highest BCUT2D eigenvalue weighted by atomic mass is 35.5. The monoisotopic (exact) mass is 318 g/mol. The Morgan fingerprint density at radius 2 is 1.80 bits per heavy atom. The van der Waals surface area contributed by atoms with E-state index in [-0.39, 0.29) is 29.8 Å². The molecule has 3 nitrogen and oxygen atoms in total. The largest absolute Gasteiger partial charge is 0.348 e. The Morgan fingerprint density at radius 3 is 2.20 bits per heavy atom. The molecule has 0 bridgehead atoms. The van der Waals surface area contributed by atoms with Crippen LogP contribution in [0.4, 0.5) is 0 Å². The van der Waals surface area contributed by atoms with Gasteiger partial charge in [-0.2, -0.15) is 0 Å².